The number of rotatable bonds is 3. The highest BCUT2D eigenvalue weighted by atomic mass is 16.3. The Morgan fingerprint density at radius 1 is 1.50 bits per heavy atom. The Kier molecular flexibility index (Phi) is 4.44. The summed E-state index contributed by atoms with van der Waals surface area (Å²) in [6.45, 7) is 2.57. The van der Waals surface area contributed by atoms with Gasteiger partial charge in [-0.15, -0.1) is 0 Å². The van der Waals surface area contributed by atoms with Gasteiger partial charge in [0.25, 0.3) is 0 Å². The summed E-state index contributed by atoms with van der Waals surface area (Å²) < 4.78 is 0. The Hall–Kier alpha value is -1.41. The number of nitrogens with zero attached hydrogens (tertiary/aromatic N) is 3. The van der Waals surface area contributed by atoms with E-state index in [0.717, 1.165) is 25.2 Å². The molecule has 1 aliphatic heterocycles. The maximum Gasteiger partial charge on any atom is 0.0991 e. The molecule has 1 aromatic carbocycles. The van der Waals surface area contributed by atoms with Crippen molar-refractivity contribution in [1.82, 2.24) is 9.80 Å². The molecule has 108 valence electrons. The summed E-state index contributed by atoms with van der Waals surface area (Å²) in [6.07, 6.45) is 0.705. The summed E-state index contributed by atoms with van der Waals surface area (Å²) in [5.41, 5.74) is 0.638. The van der Waals surface area contributed by atoms with E-state index in [0.29, 0.717) is 12.0 Å². The van der Waals surface area contributed by atoms with Crippen molar-refractivity contribution in [3.8, 4) is 6.07 Å². The fraction of sp³-hybridized carbons (Fsp3) is 0.562. The molecule has 0 spiro atoms. The third-order valence-corrected chi connectivity index (χ3v) is 4.16. The normalized spacial score (nSPS) is 27.5. The maximum atomic E-state index is 11.2. The Balaban J connectivity index is 2.35. The monoisotopic (exact) mass is 273 g/mol. The van der Waals surface area contributed by atoms with Gasteiger partial charge in [-0.05, 0) is 45.3 Å². The lowest BCUT2D eigenvalue weighted by Crippen LogP contribution is -2.52. The molecule has 20 heavy (non-hydrogen) atoms. The molecule has 0 saturated carbocycles. The zero-order valence-electron chi connectivity index (χ0n) is 12.5. The topological polar surface area (TPSA) is 50.5 Å². The summed E-state index contributed by atoms with van der Waals surface area (Å²) in [5.74, 6) is 0.144. The average molecular weight is 273 g/mol. The van der Waals surface area contributed by atoms with E-state index < -0.39 is 5.60 Å². The summed E-state index contributed by atoms with van der Waals surface area (Å²) in [7, 11) is 6.15. The van der Waals surface area contributed by atoms with Gasteiger partial charge in [0.1, 0.15) is 0 Å². The lowest BCUT2D eigenvalue weighted by Gasteiger charge is -2.45. The largest absolute Gasteiger partial charge is 0.385 e. The minimum absolute atomic E-state index is 0.144. The first kappa shape index (κ1) is 15.0. The summed E-state index contributed by atoms with van der Waals surface area (Å²) in [5, 5.41) is 20.3. The molecule has 1 aliphatic rings. The highest BCUT2D eigenvalue weighted by molar-refractivity contribution is 5.36. The third-order valence-electron chi connectivity index (χ3n) is 4.16. The zero-order chi connectivity index (χ0) is 14.8. The Morgan fingerprint density at radius 3 is 2.90 bits per heavy atom. The van der Waals surface area contributed by atoms with Crippen LogP contribution in [-0.2, 0) is 5.60 Å². The van der Waals surface area contributed by atoms with Crippen LogP contribution in [0.1, 0.15) is 17.5 Å². The maximum absolute atomic E-state index is 11.2. The lowest BCUT2D eigenvalue weighted by atomic mass is 9.75. The van der Waals surface area contributed by atoms with Crippen LogP contribution in [0.2, 0.25) is 0 Å². The van der Waals surface area contributed by atoms with E-state index in [9.17, 15) is 5.11 Å². The molecule has 4 nitrogen and oxygen atoms in total. The second-order valence-electron chi connectivity index (χ2n) is 6.09. The summed E-state index contributed by atoms with van der Waals surface area (Å²) in [4.78, 5) is 4.37. The Bertz CT molecular complexity index is 507. The van der Waals surface area contributed by atoms with Crippen LogP contribution in [0.5, 0.6) is 0 Å². The third kappa shape index (κ3) is 3.01. The molecule has 0 radical (unpaired) electrons. The van der Waals surface area contributed by atoms with Crippen LogP contribution in [0.15, 0.2) is 24.3 Å². The van der Waals surface area contributed by atoms with Crippen LogP contribution < -0.4 is 0 Å². The number of benzene rings is 1. The van der Waals surface area contributed by atoms with Crippen LogP contribution in [0.25, 0.3) is 0 Å². The van der Waals surface area contributed by atoms with Crippen molar-refractivity contribution < 1.29 is 5.11 Å². The number of piperidine rings is 1. The molecule has 0 aromatic heterocycles. The van der Waals surface area contributed by atoms with Crippen LogP contribution >= 0.6 is 0 Å². The fourth-order valence-corrected chi connectivity index (χ4v) is 3.07. The highest BCUT2D eigenvalue weighted by Gasteiger charge is 2.42. The predicted molar refractivity (Wildman–Crippen MR) is 79.2 cm³/mol. The molecule has 0 aliphatic carbocycles. The molecule has 1 heterocycles. The number of likely N-dealkylation sites (tertiary alicyclic amines) is 1. The molecule has 1 N–H and O–H groups in total. The summed E-state index contributed by atoms with van der Waals surface area (Å²) >= 11 is 0. The van der Waals surface area contributed by atoms with Gasteiger partial charge in [-0.25, -0.2) is 0 Å². The molecular formula is C16H23N3O. The smallest absolute Gasteiger partial charge is 0.0991 e. The number of hydrogen-bond acceptors (Lipinski definition) is 4. The first-order chi connectivity index (χ1) is 9.45. The first-order valence-electron chi connectivity index (χ1n) is 7.02. The van der Waals surface area contributed by atoms with E-state index in [-0.39, 0.29) is 5.92 Å². The van der Waals surface area contributed by atoms with Gasteiger partial charge in [0.15, 0.2) is 0 Å². The molecule has 0 bridgehead atoms. The van der Waals surface area contributed by atoms with Gasteiger partial charge < -0.3 is 14.9 Å². The number of aliphatic hydroxyl groups is 1. The van der Waals surface area contributed by atoms with E-state index in [1.54, 1.807) is 6.07 Å². The molecule has 1 fully saturated rings. The van der Waals surface area contributed by atoms with Crippen molar-refractivity contribution >= 4 is 0 Å². The van der Waals surface area contributed by atoms with Crippen LogP contribution in [-0.4, -0.2) is 55.7 Å². The van der Waals surface area contributed by atoms with Gasteiger partial charge >= 0.3 is 0 Å². The van der Waals surface area contributed by atoms with Crippen molar-refractivity contribution in [2.24, 2.45) is 5.92 Å². The van der Waals surface area contributed by atoms with Crippen molar-refractivity contribution in [2.75, 3.05) is 40.8 Å². The second kappa shape index (κ2) is 5.92. The van der Waals surface area contributed by atoms with Crippen molar-refractivity contribution in [3.05, 3.63) is 35.4 Å². The van der Waals surface area contributed by atoms with Gasteiger partial charge in [-0.1, -0.05) is 12.1 Å². The highest BCUT2D eigenvalue weighted by Crippen LogP contribution is 2.37. The van der Waals surface area contributed by atoms with Gasteiger partial charge in [-0.3, -0.25) is 0 Å². The molecule has 1 saturated heterocycles. The van der Waals surface area contributed by atoms with E-state index >= 15 is 0 Å². The van der Waals surface area contributed by atoms with Crippen LogP contribution in [0.4, 0.5) is 0 Å². The quantitative estimate of drug-likeness (QED) is 0.901. The predicted octanol–water partition coefficient (Wildman–Crippen LogP) is 1.26. The Labute approximate surface area is 121 Å². The fourth-order valence-electron chi connectivity index (χ4n) is 3.07. The van der Waals surface area contributed by atoms with E-state index in [1.165, 1.54) is 0 Å². The lowest BCUT2D eigenvalue weighted by molar-refractivity contribution is -0.0798. The molecule has 2 atom stereocenters. The SMILES string of the molecule is CN(C)C[C@@H]1CN(C)CC[C@@]1(O)c1cccc(C#N)c1. The molecular weight excluding hydrogens is 250 g/mol. The van der Waals surface area contributed by atoms with Gasteiger partial charge in [0.05, 0.1) is 17.2 Å². The number of nitriles is 1. The van der Waals surface area contributed by atoms with Gasteiger partial charge in [-0.2, -0.15) is 5.26 Å². The van der Waals surface area contributed by atoms with Crippen molar-refractivity contribution in [2.45, 2.75) is 12.0 Å². The van der Waals surface area contributed by atoms with E-state index in [2.05, 4.69) is 22.9 Å². The standard InChI is InChI=1S/C16H23N3O/c1-18(2)11-15-12-19(3)8-7-16(15,20)14-6-4-5-13(9-14)10-17/h4-6,9,15,20H,7-8,11-12H2,1-3H3/t15-,16-/m1/s1. The van der Waals surface area contributed by atoms with Gasteiger partial charge in [0, 0.05) is 25.6 Å². The van der Waals surface area contributed by atoms with Crippen molar-refractivity contribution in [3.63, 3.8) is 0 Å². The molecule has 0 amide bonds. The van der Waals surface area contributed by atoms with Gasteiger partial charge in [0.2, 0.25) is 0 Å². The van der Waals surface area contributed by atoms with Crippen LogP contribution in [0, 0.1) is 17.2 Å². The van der Waals surface area contributed by atoms with Crippen molar-refractivity contribution in [1.29, 1.82) is 5.26 Å². The summed E-state index contributed by atoms with van der Waals surface area (Å²) in [6, 6.07) is 9.56. The molecule has 4 heteroatoms. The van der Waals surface area contributed by atoms with E-state index in [1.807, 2.05) is 32.3 Å². The molecule has 1 aromatic rings. The Morgan fingerprint density at radius 2 is 2.25 bits per heavy atom. The first-order valence-corrected chi connectivity index (χ1v) is 7.02. The minimum atomic E-state index is -0.844. The average Bonchev–Trinajstić information content (AvgIpc) is 2.42. The van der Waals surface area contributed by atoms with E-state index in [4.69, 9.17) is 5.26 Å². The van der Waals surface area contributed by atoms with Crippen LogP contribution in [0.3, 0.4) is 0 Å². The molecule has 2 rings (SSSR count). The minimum Gasteiger partial charge on any atom is -0.385 e. The molecule has 0 unspecified atom stereocenters. The second-order valence-corrected chi connectivity index (χ2v) is 6.09. The zero-order valence-corrected chi connectivity index (χ0v) is 12.5. The number of hydrogen-bond donors (Lipinski definition) is 1.